The molecule has 2 aromatic rings. The van der Waals surface area contributed by atoms with E-state index in [1.54, 1.807) is 24.3 Å². The summed E-state index contributed by atoms with van der Waals surface area (Å²) in [6.45, 7) is 0. The lowest BCUT2D eigenvalue weighted by atomic mass is 10.2. The quantitative estimate of drug-likeness (QED) is 0.851. The van der Waals surface area contributed by atoms with Gasteiger partial charge in [0.25, 0.3) is 5.56 Å². The van der Waals surface area contributed by atoms with Crippen molar-refractivity contribution in [3.63, 3.8) is 0 Å². The van der Waals surface area contributed by atoms with Gasteiger partial charge in [-0.25, -0.2) is 9.88 Å². The minimum Gasteiger partial charge on any atom is -0.310 e. The van der Waals surface area contributed by atoms with E-state index < -0.39 is 0 Å². The number of carbonyl (C=O) groups excluding carboxylic acids is 2. The van der Waals surface area contributed by atoms with Crippen LogP contribution < -0.4 is 5.56 Å². The molecule has 0 atom stereocenters. The van der Waals surface area contributed by atoms with E-state index in [-0.39, 0.29) is 40.3 Å². The molecule has 1 saturated heterocycles. The van der Waals surface area contributed by atoms with Gasteiger partial charge in [0, 0.05) is 12.8 Å². The monoisotopic (exact) mass is 333 g/mol. The van der Waals surface area contributed by atoms with Gasteiger partial charge in [0.15, 0.2) is 0 Å². The number of nitrogens with one attached hydrogen (secondary N) is 1. The number of hydrogen-bond donors (Lipinski definition) is 1. The molecule has 1 aliphatic heterocycles. The summed E-state index contributed by atoms with van der Waals surface area (Å²) in [5.41, 5.74) is 0.341. The molecule has 0 bridgehead atoms. The maximum atomic E-state index is 12.1. The Morgan fingerprint density at radius 1 is 1.36 bits per heavy atom. The molecule has 1 fully saturated rings. The van der Waals surface area contributed by atoms with E-state index in [0.717, 1.165) is 4.90 Å². The minimum absolute atomic E-state index is 0.0632. The zero-order chi connectivity index (χ0) is 15.7. The van der Waals surface area contributed by atoms with Gasteiger partial charge in [-0.1, -0.05) is 36.1 Å². The third-order valence-corrected chi connectivity index (χ3v) is 4.60. The number of imide groups is 1. The largest absolute Gasteiger partial charge is 0.310 e. The van der Waals surface area contributed by atoms with Gasteiger partial charge >= 0.3 is 0 Å². The van der Waals surface area contributed by atoms with Crippen LogP contribution in [0.4, 0.5) is 0 Å². The number of thiocarbonyl (C=S) groups is 1. The van der Waals surface area contributed by atoms with Crippen molar-refractivity contribution in [1.82, 2.24) is 14.9 Å². The number of para-hydroxylation sites is 1. The topological polar surface area (TPSA) is 83.1 Å². The van der Waals surface area contributed by atoms with Crippen molar-refractivity contribution >= 4 is 51.0 Å². The van der Waals surface area contributed by atoms with E-state index in [1.165, 1.54) is 11.8 Å². The number of amides is 2. The molecule has 3 rings (SSSR count). The van der Waals surface area contributed by atoms with Crippen LogP contribution in [-0.2, 0) is 16.0 Å². The SMILES string of the molecule is O=C(CCc1nc2ccccc2c(=O)[nH]1)N1C(=O)CSC1=S. The summed E-state index contributed by atoms with van der Waals surface area (Å²) in [5.74, 6) is -0.0339. The Balaban J connectivity index is 1.77. The number of rotatable bonds is 3. The van der Waals surface area contributed by atoms with Gasteiger partial charge < -0.3 is 4.98 Å². The standard InChI is InChI=1S/C14H11N3O3S2/c18-11(17-12(19)7-22-14(17)21)6-5-10-15-9-4-2-1-3-8(9)13(20)16-10/h1-4H,5-7H2,(H,15,16,20). The van der Waals surface area contributed by atoms with Crippen molar-refractivity contribution in [1.29, 1.82) is 0 Å². The van der Waals surface area contributed by atoms with Crippen LogP contribution in [0.5, 0.6) is 0 Å². The molecule has 0 saturated carbocycles. The Morgan fingerprint density at radius 3 is 2.86 bits per heavy atom. The summed E-state index contributed by atoms with van der Waals surface area (Å²) in [7, 11) is 0. The summed E-state index contributed by atoms with van der Waals surface area (Å²) in [4.78, 5) is 43.6. The van der Waals surface area contributed by atoms with Crippen molar-refractivity contribution in [3.8, 4) is 0 Å². The predicted molar refractivity (Wildman–Crippen MR) is 87.6 cm³/mol. The van der Waals surface area contributed by atoms with E-state index in [2.05, 4.69) is 9.97 Å². The van der Waals surface area contributed by atoms with E-state index in [0.29, 0.717) is 16.7 Å². The van der Waals surface area contributed by atoms with E-state index in [1.807, 2.05) is 0 Å². The molecule has 22 heavy (non-hydrogen) atoms. The minimum atomic E-state index is -0.365. The van der Waals surface area contributed by atoms with Crippen molar-refractivity contribution < 1.29 is 9.59 Å². The second-order valence-corrected chi connectivity index (χ2v) is 6.32. The zero-order valence-electron chi connectivity index (χ0n) is 11.4. The summed E-state index contributed by atoms with van der Waals surface area (Å²) in [6.07, 6.45) is 0.309. The van der Waals surface area contributed by atoms with Gasteiger partial charge in [0.2, 0.25) is 11.8 Å². The summed E-state index contributed by atoms with van der Waals surface area (Å²) in [6, 6.07) is 6.99. The number of hydrogen-bond acceptors (Lipinski definition) is 6. The van der Waals surface area contributed by atoms with Crippen LogP contribution >= 0.6 is 24.0 Å². The number of fused-ring (bicyclic) bond motifs is 1. The number of carbonyl (C=O) groups is 2. The lowest BCUT2D eigenvalue weighted by Gasteiger charge is -2.12. The Hall–Kier alpha value is -2.06. The van der Waals surface area contributed by atoms with Crippen LogP contribution in [0.2, 0.25) is 0 Å². The Bertz CT molecular complexity index is 831. The molecule has 2 heterocycles. The number of thioether (sulfide) groups is 1. The second-order valence-electron chi connectivity index (χ2n) is 4.71. The first kappa shape index (κ1) is 14.9. The third-order valence-electron chi connectivity index (χ3n) is 3.24. The van der Waals surface area contributed by atoms with Crippen LogP contribution in [0.3, 0.4) is 0 Å². The number of H-pyrrole nitrogens is 1. The lowest BCUT2D eigenvalue weighted by Crippen LogP contribution is -2.35. The third kappa shape index (κ3) is 2.79. The van der Waals surface area contributed by atoms with Crippen LogP contribution in [0.15, 0.2) is 29.1 Å². The van der Waals surface area contributed by atoms with Crippen molar-refractivity contribution in [2.24, 2.45) is 0 Å². The normalized spacial score (nSPS) is 14.8. The van der Waals surface area contributed by atoms with E-state index >= 15 is 0 Å². The average Bonchev–Trinajstić information content (AvgIpc) is 2.84. The molecule has 8 heteroatoms. The van der Waals surface area contributed by atoms with Crippen molar-refractivity contribution in [2.45, 2.75) is 12.8 Å². The number of aryl methyl sites for hydroxylation is 1. The first-order valence-corrected chi connectivity index (χ1v) is 7.96. The van der Waals surface area contributed by atoms with Gasteiger partial charge in [-0.2, -0.15) is 0 Å². The highest BCUT2D eigenvalue weighted by molar-refractivity contribution is 8.24. The summed E-state index contributed by atoms with van der Waals surface area (Å²) in [5, 5.41) is 0.505. The molecule has 0 aliphatic carbocycles. The van der Waals surface area contributed by atoms with Gasteiger partial charge in [-0.3, -0.25) is 14.4 Å². The molecule has 1 aromatic heterocycles. The molecule has 2 amide bonds. The van der Waals surface area contributed by atoms with E-state index in [9.17, 15) is 14.4 Å². The molecular weight excluding hydrogens is 322 g/mol. The first-order valence-electron chi connectivity index (χ1n) is 6.57. The average molecular weight is 333 g/mol. The maximum Gasteiger partial charge on any atom is 0.258 e. The van der Waals surface area contributed by atoms with Gasteiger partial charge in [-0.15, -0.1) is 0 Å². The van der Waals surface area contributed by atoms with Crippen LogP contribution in [0.1, 0.15) is 12.2 Å². The number of aromatic nitrogens is 2. The summed E-state index contributed by atoms with van der Waals surface area (Å²) < 4.78 is 0.287. The van der Waals surface area contributed by atoms with Crippen LogP contribution in [0.25, 0.3) is 10.9 Å². The van der Waals surface area contributed by atoms with Gasteiger partial charge in [0.05, 0.1) is 16.7 Å². The molecule has 0 spiro atoms. The van der Waals surface area contributed by atoms with Gasteiger partial charge in [-0.05, 0) is 12.1 Å². The Kier molecular flexibility index (Phi) is 4.04. The first-order chi connectivity index (χ1) is 10.6. The fourth-order valence-electron chi connectivity index (χ4n) is 2.19. The molecule has 0 radical (unpaired) electrons. The molecule has 1 N–H and O–H groups in total. The number of benzene rings is 1. The number of aromatic amines is 1. The lowest BCUT2D eigenvalue weighted by molar-refractivity contribution is -0.137. The molecule has 0 unspecified atom stereocenters. The maximum absolute atomic E-state index is 12.1. The second kappa shape index (κ2) is 5.98. The molecule has 1 aliphatic rings. The summed E-state index contributed by atoms with van der Waals surface area (Å²) >= 11 is 6.16. The van der Waals surface area contributed by atoms with Crippen LogP contribution in [0, 0.1) is 0 Å². The molecule has 1 aromatic carbocycles. The molecule has 112 valence electrons. The van der Waals surface area contributed by atoms with Gasteiger partial charge in [0.1, 0.15) is 10.1 Å². The highest BCUT2D eigenvalue weighted by Gasteiger charge is 2.31. The van der Waals surface area contributed by atoms with Crippen molar-refractivity contribution in [3.05, 3.63) is 40.4 Å². The molecular formula is C14H11N3O3S2. The van der Waals surface area contributed by atoms with Crippen LogP contribution in [-0.4, -0.2) is 36.8 Å². The number of nitrogens with zero attached hydrogens (tertiary/aromatic N) is 2. The van der Waals surface area contributed by atoms with E-state index in [4.69, 9.17) is 12.2 Å². The zero-order valence-corrected chi connectivity index (χ0v) is 13.0. The fourth-order valence-corrected chi connectivity index (χ4v) is 3.27. The molecule has 6 nitrogen and oxygen atoms in total. The smallest absolute Gasteiger partial charge is 0.258 e. The highest BCUT2D eigenvalue weighted by atomic mass is 32.2. The highest BCUT2D eigenvalue weighted by Crippen LogP contribution is 2.20. The van der Waals surface area contributed by atoms with Crippen molar-refractivity contribution in [2.75, 3.05) is 5.75 Å². The predicted octanol–water partition coefficient (Wildman–Crippen LogP) is 1.24. The Labute approximate surface area is 134 Å². The fraction of sp³-hybridized carbons (Fsp3) is 0.214. The Morgan fingerprint density at radius 2 is 2.14 bits per heavy atom.